The second-order valence-corrected chi connectivity index (χ2v) is 5.99. The van der Waals surface area contributed by atoms with Crippen molar-refractivity contribution in [3.05, 3.63) is 89.6 Å². The van der Waals surface area contributed by atoms with Crippen molar-refractivity contribution in [1.82, 2.24) is 4.98 Å². The molecule has 1 heteroatoms. The Labute approximate surface area is 132 Å². The van der Waals surface area contributed by atoms with Crippen LogP contribution in [0.4, 0.5) is 0 Å². The molecule has 0 fully saturated rings. The van der Waals surface area contributed by atoms with Crippen molar-refractivity contribution in [3.63, 3.8) is 0 Å². The zero-order chi connectivity index (χ0) is 15.4. The van der Waals surface area contributed by atoms with Gasteiger partial charge in [-0.05, 0) is 41.2 Å². The van der Waals surface area contributed by atoms with Gasteiger partial charge < -0.3 is 0 Å². The topological polar surface area (TPSA) is 12.9 Å². The average molecular weight is 287 g/mol. The van der Waals surface area contributed by atoms with Crippen LogP contribution in [0.1, 0.15) is 36.5 Å². The first-order chi connectivity index (χ1) is 10.7. The quantitative estimate of drug-likeness (QED) is 0.620. The Morgan fingerprint density at radius 2 is 1.55 bits per heavy atom. The van der Waals surface area contributed by atoms with Gasteiger partial charge in [0.1, 0.15) is 0 Å². The maximum Gasteiger partial charge on any atom is 0.0704 e. The maximum atomic E-state index is 4.53. The lowest BCUT2D eigenvalue weighted by atomic mass is 9.99. The largest absolute Gasteiger partial charge is 0.256 e. The fourth-order valence-electron chi connectivity index (χ4n) is 2.61. The van der Waals surface area contributed by atoms with E-state index in [4.69, 9.17) is 0 Å². The van der Waals surface area contributed by atoms with E-state index in [-0.39, 0.29) is 0 Å². The van der Waals surface area contributed by atoms with Crippen molar-refractivity contribution >= 4 is 0 Å². The lowest BCUT2D eigenvalue weighted by Crippen LogP contribution is -1.92. The minimum absolute atomic E-state index is 0.562. The summed E-state index contributed by atoms with van der Waals surface area (Å²) in [5, 5.41) is 0. The van der Waals surface area contributed by atoms with Gasteiger partial charge in [0.05, 0.1) is 5.69 Å². The Kier molecular flexibility index (Phi) is 4.34. The Hall–Kier alpha value is -2.41. The molecule has 110 valence electrons. The molecule has 22 heavy (non-hydrogen) atoms. The van der Waals surface area contributed by atoms with Crippen molar-refractivity contribution in [2.75, 3.05) is 0 Å². The highest BCUT2D eigenvalue weighted by Crippen LogP contribution is 2.22. The number of aromatic nitrogens is 1. The number of benzene rings is 2. The highest BCUT2D eigenvalue weighted by Gasteiger charge is 2.04. The van der Waals surface area contributed by atoms with Gasteiger partial charge in [0.25, 0.3) is 0 Å². The monoisotopic (exact) mass is 287 g/mol. The maximum absolute atomic E-state index is 4.53. The van der Waals surface area contributed by atoms with E-state index in [0.29, 0.717) is 5.92 Å². The van der Waals surface area contributed by atoms with Crippen molar-refractivity contribution in [2.45, 2.75) is 26.2 Å². The molecule has 1 nitrogen and oxygen atoms in total. The lowest BCUT2D eigenvalue weighted by Gasteiger charge is -2.08. The third-order valence-electron chi connectivity index (χ3n) is 3.95. The molecular weight excluding hydrogens is 266 g/mol. The normalized spacial score (nSPS) is 10.9. The average Bonchev–Trinajstić information content (AvgIpc) is 2.56. The van der Waals surface area contributed by atoms with Gasteiger partial charge in [-0.25, -0.2) is 0 Å². The molecule has 2 aromatic carbocycles. The third kappa shape index (κ3) is 3.43. The zero-order valence-corrected chi connectivity index (χ0v) is 13.2. The van der Waals surface area contributed by atoms with Crippen LogP contribution in [-0.4, -0.2) is 4.98 Å². The first-order valence-electron chi connectivity index (χ1n) is 7.81. The van der Waals surface area contributed by atoms with E-state index in [2.05, 4.69) is 85.6 Å². The van der Waals surface area contributed by atoms with Crippen LogP contribution in [0.2, 0.25) is 0 Å². The summed E-state index contributed by atoms with van der Waals surface area (Å²) >= 11 is 0. The summed E-state index contributed by atoms with van der Waals surface area (Å²) in [6.07, 6.45) is 2.85. The van der Waals surface area contributed by atoms with Gasteiger partial charge in [0, 0.05) is 11.8 Å². The fraction of sp³-hybridized carbons (Fsp3) is 0.190. The SMILES string of the molecule is CC(C)c1ccc(-c2cc(Cc3ccccc3)ccn2)cc1. The van der Waals surface area contributed by atoms with Crippen LogP contribution in [0.15, 0.2) is 72.9 Å². The van der Waals surface area contributed by atoms with E-state index < -0.39 is 0 Å². The van der Waals surface area contributed by atoms with Gasteiger partial charge in [-0.1, -0.05) is 68.4 Å². The van der Waals surface area contributed by atoms with Crippen molar-refractivity contribution < 1.29 is 0 Å². The van der Waals surface area contributed by atoms with E-state index in [1.807, 2.05) is 6.20 Å². The molecule has 3 rings (SSSR count). The summed E-state index contributed by atoms with van der Waals surface area (Å²) in [6.45, 7) is 4.43. The molecule has 0 N–H and O–H groups in total. The first kappa shape index (κ1) is 14.5. The van der Waals surface area contributed by atoms with Crippen LogP contribution in [0, 0.1) is 0 Å². The van der Waals surface area contributed by atoms with E-state index in [1.54, 1.807) is 0 Å². The summed E-state index contributed by atoms with van der Waals surface area (Å²) in [4.78, 5) is 4.53. The summed E-state index contributed by atoms with van der Waals surface area (Å²) in [5.41, 5.74) is 6.21. The highest BCUT2D eigenvalue weighted by molar-refractivity contribution is 5.60. The second kappa shape index (κ2) is 6.57. The molecule has 0 saturated heterocycles. The van der Waals surface area contributed by atoms with E-state index in [1.165, 1.54) is 22.3 Å². The van der Waals surface area contributed by atoms with Gasteiger partial charge in [0.15, 0.2) is 0 Å². The predicted octanol–water partition coefficient (Wildman–Crippen LogP) is 5.46. The molecule has 3 aromatic rings. The van der Waals surface area contributed by atoms with Crippen molar-refractivity contribution in [1.29, 1.82) is 0 Å². The number of rotatable bonds is 4. The molecule has 0 amide bonds. The Balaban J connectivity index is 1.84. The summed E-state index contributed by atoms with van der Waals surface area (Å²) in [6, 6.07) is 23.6. The Morgan fingerprint density at radius 3 is 2.23 bits per heavy atom. The predicted molar refractivity (Wildman–Crippen MR) is 93.0 cm³/mol. The Morgan fingerprint density at radius 1 is 0.818 bits per heavy atom. The molecule has 0 atom stereocenters. The molecule has 0 spiro atoms. The molecule has 0 aliphatic rings. The standard InChI is InChI=1S/C21H21N/c1-16(2)19-8-10-20(11-9-19)21-15-18(12-13-22-21)14-17-6-4-3-5-7-17/h3-13,15-16H,14H2,1-2H3. The molecule has 0 aliphatic carbocycles. The number of nitrogens with zero attached hydrogens (tertiary/aromatic N) is 1. The van der Waals surface area contributed by atoms with Gasteiger partial charge >= 0.3 is 0 Å². The molecule has 1 aromatic heterocycles. The summed E-state index contributed by atoms with van der Waals surface area (Å²) in [7, 11) is 0. The van der Waals surface area contributed by atoms with Crippen LogP contribution >= 0.6 is 0 Å². The molecule has 0 unspecified atom stereocenters. The van der Waals surface area contributed by atoms with E-state index >= 15 is 0 Å². The van der Waals surface area contributed by atoms with Gasteiger partial charge in [0.2, 0.25) is 0 Å². The van der Waals surface area contributed by atoms with E-state index in [0.717, 1.165) is 12.1 Å². The molecule has 0 aliphatic heterocycles. The second-order valence-electron chi connectivity index (χ2n) is 5.99. The summed E-state index contributed by atoms with van der Waals surface area (Å²) < 4.78 is 0. The van der Waals surface area contributed by atoms with Crippen molar-refractivity contribution in [3.8, 4) is 11.3 Å². The van der Waals surface area contributed by atoms with Crippen LogP contribution < -0.4 is 0 Å². The minimum atomic E-state index is 0.562. The Bertz CT molecular complexity index is 727. The van der Waals surface area contributed by atoms with Gasteiger partial charge in [-0.15, -0.1) is 0 Å². The van der Waals surface area contributed by atoms with Gasteiger partial charge in [-0.2, -0.15) is 0 Å². The number of pyridine rings is 1. The minimum Gasteiger partial charge on any atom is -0.256 e. The lowest BCUT2D eigenvalue weighted by molar-refractivity contribution is 0.867. The zero-order valence-electron chi connectivity index (χ0n) is 13.2. The van der Waals surface area contributed by atoms with Gasteiger partial charge in [-0.3, -0.25) is 4.98 Å². The van der Waals surface area contributed by atoms with Crippen LogP contribution in [-0.2, 0) is 6.42 Å². The van der Waals surface area contributed by atoms with Crippen LogP contribution in [0.5, 0.6) is 0 Å². The fourth-order valence-corrected chi connectivity index (χ4v) is 2.61. The number of hydrogen-bond acceptors (Lipinski definition) is 1. The summed E-state index contributed by atoms with van der Waals surface area (Å²) in [5.74, 6) is 0.562. The number of hydrogen-bond donors (Lipinski definition) is 0. The smallest absolute Gasteiger partial charge is 0.0704 e. The van der Waals surface area contributed by atoms with Crippen LogP contribution in [0.25, 0.3) is 11.3 Å². The molecule has 0 bridgehead atoms. The molecule has 1 heterocycles. The highest BCUT2D eigenvalue weighted by atomic mass is 14.7. The van der Waals surface area contributed by atoms with Crippen molar-refractivity contribution in [2.24, 2.45) is 0 Å². The molecular formula is C21H21N. The third-order valence-corrected chi connectivity index (χ3v) is 3.95. The molecule has 0 radical (unpaired) electrons. The van der Waals surface area contributed by atoms with E-state index in [9.17, 15) is 0 Å². The molecule has 0 saturated carbocycles. The first-order valence-corrected chi connectivity index (χ1v) is 7.81. The van der Waals surface area contributed by atoms with Crippen LogP contribution in [0.3, 0.4) is 0 Å².